The van der Waals surface area contributed by atoms with Crippen molar-refractivity contribution in [3.05, 3.63) is 23.7 Å². The van der Waals surface area contributed by atoms with E-state index >= 15 is 0 Å². The molecule has 0 bridgehead atoms. The van der Waals surface area contributed by atoms with Crippen LogP contribution >= 0.6 is 0 Å². The number of carbonyl (C=O) groups excluding carboxylic acids is 2. The van der Waals surface area contributed by atoms with Gasteiger partial charge in [-0.15, -0.1) is 0 Å². The summed E-state index contributed by atoms with van der Waals surface area (Å²) in [6.45, 7) is 3.13. The predicted molar refractivity (Wildman–Crippen MR) is 91.3 cm³/mol. The Morgan fingerprint density at radius 1 is 1.29 bits per heavy atom. The van der Waals surface area contributed by atoms with Crippen LogP contribution in [0.2, 0.25) is 0 Å². The van der Waals surface area contributed by atoms with E-state index in [4.69, 9.17) is 4.42 Å². The molecule has 0 unspecified atom stereocenters. The topological polar surface area (TPSA) is 62.6 Å². The summed E-state index contributed by atoms with van der Waals surface area (Å²) in [5.41, 5.74) is 0. The Morgan fingerprint density at radius 2 is 2.00 bits per heavy atom. The lowest BCUT2D eigenvalue weighted by Gasteiger charge is -2.16. The highest BCUT2D eigenvalue weighted by Gasteiger charge is 2.36. The van der Waals surface area contributed by atoms with Gasteiger partial charge in [-0.05, 0) is 37.3 Å². The average molecular weight is 332 g/mol. The lowest BCUT2D eigenvalue weighted by molar-refractivity contribution is -0.130. The van der Waals surface area contributed by atoms with Crippen molar-refractivity contribution < 1.29 is 14.0 Å². The Bertz CT molecular complexity index is 589. The maximum atomic E-state index is 12.2. The van der Waals surface area contributed by atoms with Gasteiger partial charge in [0.1, 0.15) is 11.5 Å². The average Bonchev–Trinajstić information content (AvgIpc) is 3.01. The van der Waals surface area contributed by atoms with E-state index in [1.807, 2.05) is 12.1 Å². The van der Waals surface area contributed by atoms with Crippen LogP contribution in [0.25, 0.3) is 0 Å². The Kier molecular flexibility index (Phi) is 5.27. The number of furan rings is 1. The number of nitrogens with one attached hydrogen (secondary N) is 1. The molecule has 2 saturated carbocycles. The molecule has 1 N–H and O–H groups in total. The van der Waals surface area contributed by atoms with Crippen molar-refractivity contribution in [1.29, 1.82) is 0 Å². The first-order chi connectivity index (χ1) is 11.5. The van der Waals surface area contributed by atoms with E-state index in [-0.39, 0.29) is 17.7 Å². The molecule has 2 fully saturated rings. The second kappa shape index (κ2) is 7.41. The minimum Gasteiger partial charge on any atom is -0.464 e. The number of amides is 2. The smallest absolute Gasteiger partial charge is 0.224 e. The minimum absolute atomic E-state index is 0.0273. The van der Waals surface area contributed by atoms with Gasteiger partial charge in [0.2, 0.25) is 11.8 Å². The number of nitrogens with zero attached hydrogens (tertiary/aromatic N) is 1. The number of hydrogen-bond donors (Lipinski definition) is 1. The van der Waals surface area contributed by atoms with Crippen molar-refractivity contribution in [1.82, 2.24) is 10.2 Å². The number of hydrogen-bond acceptors (Lipinski definition) is 3. The van der Waals surface area contributed by atoms with E-state index in [0.717, 1.165) is 37.2 Å². The van der Waals surface area contributed by atoms with E-state index in [2.05, 4.69) is 12.2 Å². The van der Waals surface area contributed by atoms with Gasteiger partial charge in [-0.2, -0.15) is 0 Å². The van der Waals surface area contributed by atoms with Gasteiger partial charge in [-0.1, -0.05) is 19.8 Å². The van der Waals surface area contributed by atoms with Crippen LogP contribution < -0.4 is 5.32 Å². The monoisotopic (exact) mass is 332 g/mol. The maximum absolute atomic E-state index is 12.2. The van der Waals surface area contributed by atoms with E-state index in [9.17, 15) is 9.59 Å². The van der Waals surface area contributed by atoms with Crippen LogP contribution in [0, 0.1) is 11.8 Å². The summed E-state index contributed by atoms with van der Waals surface area (Å²) < 4.78 is 5.85. The molecule has 2 atom stereocenters. The van der Waals surface area contributed by atoms with E-state index in [1.54, 1.807) is 11.9 Å². The van der Waals surface area contributed by atoms with E-state index in [0.29, 0.717) is 31.3 Å². The van der Waals surface area contributed by atoms with Crippen LogP contribution in [0.3, 0.4) is 0 Å². The Labute approximate surface area is 143 Å². The van der Waals surface area contributed by atoms with Gasteiger partial charge in [-0.3, -0.25) is 9.59 Å². The number of rotatable bonds is 7. The zero-order chi connectivity index (χ0) is 17.1. The molecule has 0 saturated heterocycles. The third-order valence-electron chi connectivity index (χ3n) is 5.34. The highest BCUT2D eigenvalue weighted by molar-refractivity contribution is 5.80. The van der Waals surface area contributed by atoms with Gasteiger partial charge in [0, 0.05) is 31.8 Å². The fourth-order valence-electron chi connectivity index (χ4n) is 3.54. The molecule has 1 aromatic heterocycles. The molecule has 0 aliphatic heterocycles. The van der Waals surface area contributed by atoms with Crippen molar-refractivity contribution >= 4 is 11.8 Å². The third kappa shape index (κ3) is 4.19. The largest absolute Gasteiger partial charge is 0.464 e. The molecule has 0 aromatic carbocycles. The van der Waals surface area contributed by atoms with Gasteiger partial charge >= 0.3 is 0 Å². The summed E-state index contributed by atoms with van der Waals surface area (Å²) >= 11 is 0. The minimum atomic E-state index is 0.0273. The second-order valence-electron chi connectivity index (χ2n) is 7.40. The van der Waals surface area contributed by atoms with Crippen molar-refractivity contribution in [2.24, 2.45) is 11.8 Å². The summed E-state index contributed by atoms with van der Waals surface area (Å²) in [5, 5.41) is 2.90. The molecule has 0 spiro atoms. The number of carbonyl (C=O) groups is 2. The Balaban J connectivity index is 1.38. The summed E-state index contributed by atoms with van der Waals surface area (Å²) in [4.78, 5) is 25.8. The summed E-state index contributed by atoms with van der Waals surface area (Å²) in [6.07, 6.45) is 5.79. The fourth-order valence-corrected chi connectivity index (χ4v) is 3.54. The van der Waals surface area contributed by atoms with Crippen molar-refractivity contribution in [2.45, 2.75) is 57.9 Å². The quantitative estimate of drug-likeness (QED) is 0.835. The molecular formula is C19H28N2O3. The zero-order valence-corrected chi connectivity index (χ0v) is 14.7. The van der Waals surface area contributed by atoms with E-state index in [1.165, 1.54) is 6.42 Å². The first-order valence-corrected chi connectivity index (χ1v) is 9.15. The third-order valence-corrected chi connectivity index (χ3v) is 5.34. The molecule has 1 heterocycles. The zero-order valence-electron chi connectivity index (χ0n) is 14.7. The molecule has 2 aliphatic rings. The molecule has 132 valence electrons. The van der Waals surface area contributed by atoms with Crippen LogP contribution in [-0.4, -0.2) is 30.3 Å². The maximum Gasteiger partial charge on any atom is 0.224 e. The fraction of sp³-hybridized carbons (Fsp3) is 0.684. The SMILES string of the molecule is C[C@H]1C[C@@H]1c1ccc(CN(C)C(=O)CCNC(=O)C2CCCC2)o1. The first kappa shape index (κ1) is 17.1. The van der Waals surface area contributed by atoms with Crippen LogP contribution in [0.1, 0.15) is 62.9 Å². The van der Waals surface area contributed by atoms with Crippen molar-refractivity contribution in [3.8, 4) is 0 Å². The van der Waals surface area contributed by atoms with E-state index < -0.39 is 0 Å². The lowest BCUT2D eigenvalue weighted by atomic mass is 10.1. The molecule has 0 radical (unpaired) electrons. The molecule has 2 amide bonds. The standard InChI is InChI=1S/C19H28N2O3/c1-13-11-16(13)17-8-7-15(24-17)12-21(2)18(22)9-10-20-19(23)14-5-3-4-6-14/h7-8,13-14,16H,3-6,9-12H2,1-2H3,(H,20,23)/t13-,16-/m0/s1. The molecule has 1 aromatic rings. The lowest BCUT2D eigenvalue weighted by Crippen LogP contribution is -2.34. The summed E-state index contributed by atoms with van der Waals surface area (Å²) in [6, 6.07) is 4.00. The molecule has 3 rings (SSSR count). The highest BCUT2D eigenvalue weighted by atomic mass is 16.3. The van der Waals surface area contributed by atoms with Gasteiger partial charge in [0.05, 0.1) is 6.54 Å². The van der Waals surface area contributed by atoms with Gasteiger partial charge in [0.15, 0.2) is 0 Å². The molecule has 5 heteroatoms. The molecule has 5 nitrogen and oxygen atoms in total. The highest BCUT2D eigenvalue weighted by Crippen LogP contribution is 2.47. The van der Waals surface area contributed by atoms with Gasteiger partial charge in [-0.25, -0.2) is 0 Å². The summed E-state index contributed by atoms with van der Waals surface area (Å²) in [7, 11) is 1.78. The van der Waals surface area contributed by atoms with Crippen LogP contribution in [-0.2, 0) is 16.1 Å². The Morgan fingerprint density at radius 3 is 2.67 bits per heavy atom. The van der Waals surface area contributed by atoms with Crippen LogP contribution in [0.5, 0.6) is 0 Å². The normalized spacial score (nSPS) is 23.2. The van der Waals surface area contributed by atoms with Gasteiger partial charge < -0.3 is 14.6 Å². The Hall–Kier alpha value is -1.78. The summed E-state index contributed by atoms with van der Waals surface area (Å²) in [5.74, 6) is 3.44. The van der Waals surface area contributed by atoms with Crippen LogP contribution in [0.15, 0.2) is 16.5 Å². The molecule has 24 heavy (non-hydrogen) atoms. The van der Waals surface area contributed by atoms with Crippen molar-refractivity contribution in [2.75, 3.05) is 13.6 Å². The van der Waals surface area contributed by atoms with Crippen LogP contribution in [0.4, 0.5) is 0 Å². The molecular weight excluding hydrogens is 304 g/mol. The first-order valence-electron chi connectivity index (χ1n) is 9.15. The molecule has 2 aliphatic carbocycles. The van der Waals surface area contributed by atoms with Gasteiger partial charge in [0.25, 0.3) is 0 Å². The second-order valence-corrected chi connectivity index (χ2v) is 7.40. The van der Waals surface area contributed by atoms with Crippen molar-refractivity contribution in [3.63, 3.8) is 0 Å². The predicted octanol–water partition coefficient (Wildman–Crippen LogP) is 3.06.